The van der Waals surface area contributed by atoms with Crippen molar-refractivity contribution in [2.45, 2.75) is 5.41 Å². The third-order valence-corrected chi connectivity index (χ3v) is 12.8. The second-order valence-electron chi connectivity index (χ2n) is 16.0. The molecule has 1 aromatic heterocycles. The van der Waals surface area contributed by atoms with E-state index in [2.05, 4.69) is 224 Å². The summed E-state index contributed by atoms with van der Waals surface area (Å²) in [6, 6.07) is 83.7. The number of nitrogens with zero attached hydrogens (tertiary/aromatic N) is 2. The predicted molar refractivity (Wildman–Crippen MR) is 254 cm³/mol. The minimum Gasteiger partial charge on any atom is -0.228 e. The van der Waals surface area contributed by atoms with Crippen LogP contribution in [0.25, 0.3) is 88.5 Å². The molecule has 284 valence electrons. The molecule has 0 bridgehead atoms. The number of fused-ring (bicyclic) bond motifs is 7. The fourth-order valence-corrected chi connectivity index (χ4v) is 10.1. The van der Waals surface area contributed by atoms with E-state index in [4.69, 9.17) is 9.97 Å². The van der Waals surface area contributed by atoms with Crippen LogP contribution >= 0.6 is 0 Å². The zero-order valence-electron chi connectivity index (χ0n) is 33.3. The third-order valence-electron chi connectivity index (χ3n) is 12.8. The number of hydrogen-bond acceptors (Lipinski definition) is 2. The van der Waals surface area contributed by atoms with Gasteiger partial charge < -0.3 is 0 Å². The monoisotopic (exact) mass is 774 g/mol. The fraction of sp³-hybridized carbons (Fsp3) is 0.0169. The van der Waals surface area contributed by atoms with Crippen LogP contribution < -0.4 is 0 Å². The molecular weight excluding hydrogens is 737 g/mol. The summed E-state index contributed by atoms with van der Waals surface area (Å²) in [5.41, 5.74) is 14.5. The van der Waals surface area contributed by atoms with E-state index in [0.717, 1.165) is 33.5 Å². The van der Waals surface area contributed by atoms with E-state index in [-0.39, 0.29) is 0 Å². The first-order valence-electron chi connectivity index (χ1n) is 21.0. The van der Waals surface area contributed by atoms with Crippen LogP contribution in [-0.4, -0.2) is 9.97 Å². The van der Waals surface area contributed by atoms with Crippen molar-refractivity contribution in [1.82, 2.24) is 9.97 Å². The molecule has 0 radical (unpaired) electrons. The number of aromatic nitrogens is 2. The second-order valence-corrected chi connectivity index (χ2v) is 16.0. The van der Waals surface area contributed by atoms with Crippen molar-refractivity contribution in [2.75, 3.05) is 0 Å². The van der Waals surface area contributed by atoms with Crippen molar-refractivity contribution in [3.05, 3.63) is 253 Å². The average molecular weight is 775 g/mol. The van der Waals surface area contributed by atoms with Crippen LogP contribution in [0, 0.1) is 0 Å². The highest BCUT2D eigenvalue weighted by atomic mass is 14.9. The maximum atomic E-state index is 5.30. The average Bonchev–Trinajstić information content (AvgIpc) is 3.65. The minimum absolute atomic E-state index is 0.535. The van der Waals surface area contributed by atoms with Crippen LogP contribution in [0.15, 0.2) is 231 Å². The first kappa shape index (κ1) is 35.0. The van der Waals surface area contributed by atoms with Gasteiger partial charge in [0, 0.05) is 16.7 Å². The van der Waals surface area contributed by atoms with Crippen LogP contribution in [0.1, 0.15) is 22.3 Å². The standard InChI is InChI=1S/C59H38N2/c1-4-19-41(20-5-1)58-60-55(51-30-16-21-39-17-10-12-26-45(39)51)38-56(61-58)52-36-35-46(48-28-14-15-29-49(48)52)42-32-33-50-53-34-31-40-18-11-13-27-47(40)57(53)59(54(50)37-42,43-22-6-2-7-23-43)44-24-8-3-9-25-44/h1-38H. The molecule has 0 spiro atoms. The van der Waals surface area contributed by atoms with Gasteiger partial charge in [-0.1, -0.05) is 218 Å². The van der Waals surface area contributed by atoms with Crippen LogP contribution in [0.4, 0.5) is 0 Å². The SMILES string of the molecule is c1ccc(-c2nc(-c3cccc4ccccc34)cc(-c3ccc(-c4ccc5c(c4)C(c4ccccc4)(c4ccccc4)c4c-5ccc5ccccc45)c4ccccc34)n2)cc1. The van der Waals surface area contributed by atoms with E-state index in [1.54, 1.807) is 0 Å². The van der Waals surface area contributed by atoms with Gasteiger partial charge in [0.05, 0.1) is 16.8 Å². The zero-order valence-corrected chi connectivity index (χ0v) is 33.3. The fourth-order valence-electron chi connectivity index (χ4n) is 10.1. The van der Waals surface area contributed by atoms with Crippen molar-refractivity contribution in [2.24, 2.45) is 0 Å². The molecule has 0 amide bonds. The molecule has 0 N–H and O–H groups in total. The Morgan fingerprint density at radius 3 is 1.48 bits per heavy atom. The summed E-state index contributed by atoms with van der Waals surface area (Å²) in [5.74, 6) is 0.707. The molecule has 61 heavy (non-hydrogen) atoms. The Bertz CT molecular complexity index is 3420. The quantitative estimate of drug-likeness (QED) is 0.168. The van der Waals surface area contributed by atoms with Gasteiger partial charge in [0.25, 0.3) is 0 Å². The molecule has 10 aromatic carbocycles. The van der Waals surface area contributed by atoms with Crippen LogP contribution in [0.2, 0.25) is 0 Å². The normalized spacial score (nSPS) is 12.7. The summed E-state index contributed by atoms with van der Waals surface area (Å²) in [6.45, 7) is 0. The molecule has 2 heteroatoms. The highest BCUT2D eigenvalue weighted by Crippen LogP contribution is 2.59. The highest BCUT2D eigenvalue weighted by Gasteiger charge is 2.47. The zero-order chi connectivity index (χ0) is 40.3. The van der Waals surface area contributed by atoms with Gasteiger partial charge in [-0.15, -0.1) is 0 Å². The summed E-state index contributed by atoms with van der Waals surface area (Å²) in [5, 5.41) is 7.21. The van der Waals surface area contributed by atoms with Gasteiger partial charge in [-0.05, 0) is 89.0 Å². The topological polar surface area (TPSA) is 25.8 Å². The first-order chi connectivity index (χ1) is 30.3. The van der Waals surface area contributed by atoms with Gasteiger partial charge in [-0.2, -0.15) is 0 Å². The second kappa shape index (κ2) is 14.1. The molecule has 0 atom stereocenters. The maximum Gasteiger partial charge on any atom is 0.160 e. The van der Waals surface area contributed by atoms with Gasteiger partial charge >= 0.3 is 0 Å². The first-order valence-corrected chi connectivity index (χ1v) is 21.0. The molecule has 12 rings (SSSR count). The van der Waals surface area contributed by atoms with Crippen LogP contribution in [0.3, 0.4) is 0 Å². The van der Waals surface area contributed by atoms with E-state index in [9.17, 15) is 0 Å². The van der Waals surface area contributed by atoms with Crippen molar-refractivity contribution in [3.8, 4) is 56.2 Å². The Kier molecular flexibility index (Phi) is 8.11. The van der Waals surface area contributed by atoms with E-state index < -0.39 is 5.41 Å². The number of benzene rings is 10. The summed E-state index contributed by atoms with van der Waals surface area (Å²) in [4.78, 5) is 10.5. The Balaban J connectivity index is 1.09. The van der Waals surface area contributed by atoms with Crippen molar-refractivity contribution < 1.29 is 0 Å². The molecule has 1 aliphatic carbocycles. The Morgan fingerprint density at radius 2 is 0.787 bits per heavy atom. The summed E-state index contributed by atoms with van der Waals surface area (Å²) >= 11 is 0. The van der Waals surface area contributed by atoms with Crippen molar-refractivity contribution >= 4 is 32.3 Å². The Labute approximate surface area is 355 Å². The number of hydrogen-bond donors (Lipinski definition) is 0. The minimum atomic E-state index is -0.535. The molecule has 11 aromatic rings. The molecule has 0 fully saturated rings. The lowest BCUT2D eigenvalue weighted by Crippen LogP contribution is -2.28. The summed E-state index contributed by atoms with van der Waals surface area (Å²) in [7, 11) is 0. The lowest BCUT2D eigenvalue weighted by atomic mass is 9.66. The van der Waals surface area contributed by atoms with Crippen LogP contribution in [-0.2, 0) is 5.41 Å². The van der Waals surface area contributed by atoms with E-state index in [0.29, 0.717) is 5.82 Å². The van der Waals surface area contributed by atoms with Gasteiger partial charge in [0.1, 0.15) is 0 Å². The van der Waals surface area contributed by atoms with Gasteiger partial charge in [0.2, 0.25) is 0 Å². The van der Waals surface area contributed by atoms with Crippen molar-refractivity contribution in [3.63, 3.8) is 0 Å². The molecular formula is C59H38N2. The van der Waals surface area contributed by atoms with Crippen molar-refractivity contribution in [1.29, 1.82) is 0 Å². The summed E-state index contributed by atoms with van der Waals surface area (Å²) in [6.07, 6.45) is 0. The highest BCUT2D eigenvalue weighted by molar-refractivity contribution is 6.07. The van der Waals surface area contributed by atoms with E-state index >= 15 is 0 Å². The Morgan fingerprint density at radius 1 is 0.295 bits per heavy atom. The molecule has 0 saturated carbocycles. The molecule has 1 heterocycles. The summed E-state index contributed by atoms with van der Waals surface area (Å²) < 4.78 is 0. The maximum absolute atomic E-state index is 5.30. The third kappa shape index (κ3) is 5.50. The molecule has 0 saturated heterocycles. The van der Waals surface area contributed by atoms with Gasteiger partial charge in [0.15, 0.2) is 5.82 Å². The molecule has 0 aliphatic heterocycles. The Hall–Kier alpha value is -7.94. The smallest absolute Gasteiger partial charge is 0.160 e. The predicted octanol–water partition coefficient (Wildman–Crippen LogP) is 15.0. The van der Waals surface area contributed by atoms with Gasteiger partial charge in [-0.25, -0.2) is 9.97 Å². The largest absolute Gasteiger partial charge is 0.228 e. The molecule has 0 unspecified atom stereocenters. The van der Waals surface area contributed by atoms with E-state index in [1.165, 1.54) is 71.4 Å². The van der Waals surface area contributed by atoms with Gasteiger partial charge in [-0.3, -0.25) is 0 Å². The lowest BCUT2D eigenvalue weighted by Gasteiger charge is -2.35. The van der Waals surface area contributed by atoms with E-state index in [1.807, 2.05) is 6.07 Å². The molecule has 2 nitrogen and oxygen atoms in total. The lowest BCUT2D eigenvalue weighted by molar-refractivity contribution is 0.776. The number of rotatable bonds is 6. The molecule has 1 aliphatic rings. The van der Waals surface area contributed by atoms with Crippen LogP contribution in [0.5, 0.6) is 0 Å².